The zero-order valence-electron chi connectivity index (χ0n) is 12.0. The van der Waals surface area contributed by atoms with Crippen LogP contribution in [-0.4, -0.2) is 59.0 Å². The van der Waals surface area contributed by atoms with Gasteiger partial charge < -0.3 is 10.6 Å². The molecule has 1 fully saturated rings. The molecule has 1 saturated heterocycles. The van der Waals surface area contributed by atoms with Crippen molar-refractivity contribution in [2.24, 2.45) is 5.73 Å². The topological polar surface area (TPSA) is 62.5 Å². The van der Waals surface area contributed by atoms with E-state index in [0.29, 0.717) is 25.2 Å². The standard InChI is InChI=1S/C14H21FN4O/c1-14(2,10-16)19-5-3-18(4-6-19)13(20)11-7-12(15)9-17-8-11/h7-9H,3-6,10,16H2,1-2H3. The second kappa shape index (κ2) is 5.85. The van der Waals surface area contributed by atoms with Gasteiger partial charge in [-0.05, 0) is 19.9 Å². The minimum Gasteiger partial charge on any atom is -0.336 e. The largest absolute Gasteiger partial charge is 0.336 e. The molecule has 1 aliphatic heterocycles. The molecule has 1 aliphatic rings. The SMILES string of the molecule is CC(C)(CN)N1CCN(C(=O)c2cncc(F)c2)CC1. The number of carbonyl (C=O) groups excluding carboxylic acids is 1. The lowest BCUT2D eigenvalue weighted by atomic mass is 10.0. The molecule has 2 N–H and O–H groups in total. The number of hydrogen-bond acceptors (Lipinski definition) is 4. The van der Waals surface area contributed by atoms with Crippen LogP contribution in [-0.2, 0) is 0 Å². The fraction of sp³-hybridized carbons (Fsp3) is 0.571. The van der Waals surface area contributed by atoms with Crippen LogP contribution in [0.1, 0.15) is 24.2 Å². The molecule has 110 valence electrons. The number of hydrogen-bond donors (Lipinski definition) is 1. The molecule has 2 heterocycles. The Bertz CT molecular complexity index is 484. The fourth-order valence-electron chi connectivity index (χ4n) is 2.36. The average Bonchev–Trinajstić information content (AvgIpc) is 2.46. The minimum absolute atomic E-state index is 0.0600. The smallest absolute Gasteiger partial charge is 0.255 e. The van der Waals surface area contributed by atoms with E-state index in [-0.39, 0.29) is 11.4 Å². The van der Waals surface area contributed by atoms with Crippen molar-refractivity contribution in [2.75, 3.05) is 32.7 Å². The molecule has 5 nitrogen and oxygen atoms in total. The zero-order chi connectivity index (χ0) is 14.8. The van der Waals surface area contributed by atoms with E-state index in [1.54, 1.807) is 4.90 Å². The number of halogens is 1. The molecule has 20 heavy (non-hydrogen) atoms. The highest BCUT2D eigenvalue weighted by atomic mass is 19.1. The van der Waals surface area contributed by atoms with Crippen LogP contribution < -0.4 is 5.73 Å². The van der Waals surface area contributed by atoms with Gasteiger partial charge in [0, 0.05) is 44.5 Å². The number of nitrogens with zero attached hydrogens (tertiary/aromatic N) is 3. The molecule has 0 unspecified atom stereocenters. The maximum Gasteiger partial charge on any atom is 0.255 e. The summed E-state index contributed by atoms with van der Waals surface area (Å²) in [6.45, 7) is 7.58. The molecule has 0 spiro atoms. The van der Waals surface area contributed by atoms with Crippen LogP contribution >= 0.6 is 0 Å². The molecule has 1 aromatic rings. The third kappa shape index (κ3) is 3.13. The van der Waals surface area contributed by atoms with Crippen molar-refractivity contribution >= 4 is 5.91 Å². The van der Waals surface area contributed by atoms with E-state index >= 15 is 0 Å². The van der Waals surface area contributed by atoms with Crippen LogP contribution in [0.2, 0.25) is 0 Å². The van der Waals surface area contributed by atoms with Crippen molar-refractivity contribution in [2.45, 2.75) is 19.4 Å². The number of pyridine rings is 1. The van der Waals surface area contributed by atoms with Gasteiger partial charge in [0.25, 0.3) is 5.91 Å². The molecule has 0 atom stereocenters. The summed E-state index contributed by atoms with van der Waals surface area (Å²) in [4.78, 5) is 20.0. The Balaban J connectivity index is 1.99. The second-order valence-corrected chi connectivity index (χ2v) is 5.69. The third-order valence-electron chi connectivity index (χ3n) is 3.87. The molecular weight excluding hydrogens is 259 g/mol. The first-order valence-corrected chi connectivity index (χ1v) is 6.79. The predicted molar refractivity (Wildman–Crippen MR) is 74.8 cm³/mol. The third-order valence-corrected chi connectivity index (χ3v) is 3.87. The van der Waals surface area contributed by atoms with Gasteiger partial charge in [0.15, 0.2) is 0 Å². The molecule has 0 aliphatic carbocycles. The van der Waals surface area contributed by atoms with Gasteiger partial charge in [0.1, 0.15) is 5.82 Å². The van der Waals surface area contributed by atoms with E-state index in [9.17, 15) is 9.18 Å². The minimum atomic E-state index is -0.487. The van der Waals surface area contributed by atoms with Gasteiger partial charge in [-0.2, -0.15) is 0 Å². The first-order valence-electron chi connectivity index (χ1n) is 6.79. The van der Waals surface area contributed by atoms with Gasteiger partial charge in [-0.3, -0.25) is 14.7 Å². The Morgan fingerprint density at radius 3 is 2.55 bits per heavy atom. The Morgan fingerprint density at radius 1 is 1.35 bits per heavy atom. The molecule has 0 radical (unpaired) electrons. The number of nitrogens with two attached hydrogens (primary N) is 1. The summed E-state index contributed by atoms with van der Waals surface area (Å²) in [6, 6.07) is 1.23. The second-order valence-electron chi connectivity index (χ2n) is 5.69. The number of aromatic nitrogens is 1. The van der Waals surface area contributed by atoms with Crippen LogP contribution in [0.15, 0.2) is 18.5 Å². The molecule has 1 aromatic heterocycles. The lowest BCUT2D eigenvalue weighted by Gasteiger charge is -2.43. The molecule has 0 bridgehead atoms. The van der Waals surface area contributed by atoms with E-state index < -0.39 is 5.82 Å². The summed E-state index contributed by atoms with van der Waals surface area (Å²) in [5.41, 5.74) is 6.01. The highest BCUT2D eigenvalue weighted by Crippen LogP contribution is 2.17. The predicted octanol–water partition coefficient (Wildman–Crippen LogP) is 0.716. The van der Waals surface area contributed by atoms with Crippen molar-refractivity contribution < 1.29 is 9.18 Å². The quantitative estimate of drug-likeness (QED) is 0.886. The highest BCUT2D eigenvalue weighted by molar-refractivity contribution is 5.94. The number of amides is 1. The fourth-order valence-corrected chi connectivity index (χ4v) is 2.36. The van der Waals surface area contributed by atoms with Gasteiger partial charge in [-0.15, -0.1) is 0 Å². The molecule has 2 rings (SSSR count). The van der Waals surface area contributed by atoms with Crippen LogP contribution in [0.4, 0.5) is 4.39 Å². The van der Waals surface area contributed by atoms with E-state index in [0.717, 1.165) is 19.3 Å². The summed E-state index contributed by atoms with van der Waals surface area (Å²) in [7, 11) is 0. The van der Waals surface area contributed by atoms with Crippen LogP contribution in [0.25, 0.3) is 0 Å². The van der Waals surface area contributed by atoms with Crippen LogP contribution in [0.3, 0.4) is 0 Å². The monoisotopic (exact) mass is 280 g/mol. The average molecular weight is 280 g/mol. The van der Waals surface area contributed by atoms with E-state index in [1.807, 2.05) is 0 Å². The molecule has 1 amide bonds. The summed E-state index contributed by atoms with van der Waals surface area (Å²) >= 11 is 0. The van der Waals surface area contributed by atoms with E-state index in [2.05, 4.69) is 23.7 Å². The number of rotatable bonds is 3. The van der Waals surface area contributed by atoms with E-state index in [4.69, 9.17) is 5.73 Å². The number of piperazine rings is 1. The first-order chi connectivity index (χ1) is 9.44. The van der Waals surface area contributed by atoms with Gasteiger partial charge in [-0.1, -0.05) is 0 Å². The van der Waals surface area contributed by atoms with Crippen molar-refractivity contribution in [1.82, 2.24) is 14.8 Å². The van der Waals surface area contributed by atoms with Crippen molar-refractivity contribution in [1.29, 1.82) is 0 Å². The van der Waals surface area contributed by atoms with Gasteiger partial charge in [0.05, 0.1) is 11.8 Å². The Hall–Kier alpha value is -1.53. The molecule has 0 aromatic carbocycles. The van der Waals surface area contributed by atoms with Crippen molar-refractivity contribution in [3.05, 3.63) is 29.8 Å². The van der Waals surface area contributed by atoms with Gasteiger partial charge >= 0.3 is 0 Å². The Labute approximate surface area is 118 Å². The van der Waals surface area contributed by atoms with Crippen LogP contribution in [0, 0.1) is 5.82 Å². The lowest BCUT2D eigenvalue weighted by molar-refractivity contribution is 0.0425. The molecule has 6 heteroatoms. The Kier molecular flexibility index (Phi) is 4.35. The zero-order valence-corrected chi connectivity index (χ0v) is 12.0. The van der Waals surface area contributed by atoms with E-state index in [1.165, 1.54) is 12.3 Å². The highest BCUT2D eigenvalue weighted by Gasteiger charge is 2.30. The van der Waals surface area contributed by atoms with Crippen molar-refractivity contribution in [3.8, 4) is 0 Å². The maximum absolute atomic E-state index is 13.1. The molecule has 0 saturated carbocycles. The number of carbonyl (C=O) groups is 1. The normalized spacial score (nSPS) is 17.3. The molecular formula is C14H21FN4O. The van der Waals surface area contributed by atoms with Crippen molar-refractivity contribution in [3.63, 3.8) is 0 Å². The summed E-state index contributed by atoms with van der Waals surface area (Å²) in [5, 5.41) is 0. The van der Waals surface area contributed by atoms with Crippen LogP contribution in [0.5, 0.6) is 0 Å². The summed E-state index contributed by atoms with van der Waals surface area (Å²) in [6.07, 6.45) is 2.50. The first kappa shape index (κ1) is 14.9. The van der Waals surface area contributed by atoms with Gasteiger partial charge in [-0.25, -0.2) is 4.39 Å². The van der Waals surface area contributed by atoms with Gasteiger partial charge in [0.2, 0.25) is 0 Å². The summed E-state index contributed by atoms with van der Waals surface area (Å²) in [5.74, 6) is -0.652. The lowest BCUT2D eigenvalue weighted by Crippen LogP contribution is -2.58. The summed E-state index contributed by atoms with van der Waals surface area (Å²) < 4.78 is 13.1. The Morgan fingerprint density at radius 2 is 2.00 bits per heavy atom. The maximum atomic E-state index is 13.1.